The van der Waals surface area contributed by atoms with Crippen molar-refractivity contribution < 1.29 is 4.74 Å². The normalized spacial score (nSPS) is 17.2. The van der Waals surface area contributed by atoms with E-state index >= 15 is 0 Å². The van der Waals surface area contributed by atoms with E-state index in [1.54, 1.807) is 6.07 Å². The summed E-state index contributed by atoms with van der Waals surface area (Å²) in [4.78, 5) is 0. The van der Waals surface area contributed by atoms with Crippen LogP contribution in [0, 0.1) is 0 Å². The van der Waals surface area contributed by atoms with Crippen LogP contribution in [0.25, 0.3) is 0 Å². The molecule has 0 fully saturated rings. The highest BCUT2D eigenvalue weighted by molar-refractivity contribution is 6.34. The van der Waals surface area contributed by atoms with Gasteiger partial charge in [0.2, 0.25) is 0 Å². The van der Waals surface area contributed by atoms with Gasteiger partial charge in [0.05, 0.1) is 6.61 Å². The van der Waals surface area contributed by atoms with E-state index in [1.807, 2.05) is 18.2 Å². The van der Waals surface area contributed by atoms with Gasteiger partial charge in [-0.1, -0.05) is 23.2 Å². The van der Waals surface area contributed by atoms with Crippen molar-refractivity contribution in [3.8, 4) is 0 Å². The molecule has 1 unspecified atom stereocenters. The third-order valence-electron chi connectivity index (χ3n) is 2.63. The Bertz CT molecular complexity index is 414. The van der Waals surface area contributed by atoms with Gasteiger partial charge >= 0.3 is 0 Å². The van der Waals surface area contributed by atoms with Gasteiger partial charge in [-0.3, -0.25) is 5.84 Å². The zero-order chi connectivity index (χ0) is 12.3. The van der Waals surface area contributed by atoms with Gasteiger partial charge in [-0.2, -0.15) is 0 Å². The molecule has 0 radical (unpaired) electrons. The van der Waals surface area contributed by atoms with Crippen LogP contribution in [0.3, 0.4) is 0 Å². The molecule has 1 aromatic rings. The van der Waals surface area contributed by atoms with E-state index in [2.05, 4.69) is 5.43 Å². The van der Waals surface area contributed by atoms with Gasteiger partial charge in [0.25, 0.3) is 0 Å². The van der Waals surface area contributed by atoms with Crippen molar-refractivity contribution in [3.63, 3.8) is 0 Å². The van der Waals surface area contributed by atoms with Gasteiger partial charge in [0.1, 0.15) is 11.8 Å². The Labute approximate surface area is 111 Å². The van der Waals surface area contributed by atoms with E-state index in [9.17, 15) is 0 Å². The second-order valence-corrected chi connectivity index (χ2v) is 4.77. The Morgan fingerprint density at radius 2 is 1.94 bits per heavy atom. The van der Waals surface area contributed by atoms with Gasteiger partial charge < -0.3 is 4.74 Å². The zero-order valence-corrected chi connectivity index (χ0v) is 10.8. The molecule has 1 aliphatic rings. The SMILES string of the molecule is NNC(C1=CCCCO1)c1cc(Cl)cc(Cl)c1. The van der Waals surface area contributed by atoms with Gasteiger partial charge in [0, 0.05) is 10.0 Å². The average Bonchev–Trinajstić information content (AvgIpc) is 2.30. The Morgan fingerprint density at radius 3 is 2.47 bits per heavy atom. The van der Waals surface area contributed by atoms with E-state index in [-0.39, 0.29) is 6.04 Å². The van der Waals surface area contributed by atoms with Crippen molar-refractivity contribution in [3.05, 3.63) is 45.6 Å². The molecule has 1 heterocycles. The lowest BCUT2D eigenvalue weighted by atomic mass is 10.0. The maximum atomic E-state index is 5.98. The first-order chi connectivity index (χ1) is 8.20. The maximum Gasteiger partial charge on any atom is 0.115 e. The molecule has 0 aromatic heterocycles. The number of rotatable bonds is 3. The summed E-state index contributed by atoms with van der Waals surface area (Å²) in [6.07, 6.45) is 4.09. The minimum absolute atomic E-state index is 0.202. The lowest BCUT2D eigenvalue weighted by molar-refractivity contribution is 0.168. The molecule has 5 heteroatoms. The van der Waals surface area contributed by atoms with E-state index in [0.29, 0.717) is 10.0 Å². The van der Waals surface area contributed by atoms with Crippen LogP contribution in [-0.4, -0.2) is 6.61 Å². The van der Waals surface area contributed by atoms with Crippen LogP contribution in [0.15, 0.2) is 30.0 Å². The number of nitrogens with two attached hydrogens (primary N) is 1. The monoisotopic (exact) mass is 272 g/mol. The van der Waals surface area contributed by atoms with Crippen molar-refractivity contribution in [2.75, 3.05) is 6.61 Å². The molecule has 0 saturated carbocycles. The molecule has 2 rings (SSSR count). The quantitative estimate of drug-likeness (QED) is 0.656. The first kappa shape index (κ1) is 12.7. The molecule has 3 nitrogen and oxygen atoms in total. The van der Waals surface area contributed by atoms with Crippen LogP contribution in [0.4, 0.5) is 0 Å². The molecular weight excluding hydrogens is 259 g/mol. The maximum absolute atomic E-state index is 5.98. The molecule has 17 heavy (non-hydrogen) atoms. The van der Waals surface area contributed by atoms with E-state index in [4.69, 9.17) is 33.8 Å². The van der Waals surface area contributed by atoms with Crippen LogP contribution in [-0.2, 0) is 4.74 Å². The molecule has 0 aliphatic carbocycles. The fourth-order valence-corrected chi connectivity index (χ4v) is 2.41. The summed E-state index contributed by atoms with van der Waals surface area (Å²) < 4.78 is 5.60. The minimum Gasteiger partial charge on any atom is -0.496 e. The van der Waals surface area contributed by atoms with Gasteiger partial charge in [-0.05, 0) is 42.7 Å². The van der Waals surface area contributed by atoms with E-state index in [0.717, 1.165) is 30.8 Å². The molecule has 3 N–H and O–H groups in total. The highest BCUT2D eigenvalue weighted by atomic mass is 35.5. The molecule has 1 atom stereocenters. The summed E-state index contributed by atoms with van der Waals surface area (Å²) in [5, 5.41) is 1.17. The topological polar surface area (TPSA) is 47.3 Å². The van der Waals surface area contributed by atoms with E-state index < -0.39 is 0 Å². The van der Waals surface area contributed by atoms with Crippen molar-refractivity contribution in [1.82, 2.24) is 5.43 Å². The van der Waals surface area contributed by atoms with Crippen molar-refractivity contribution in [2.24, 2.45) is 5.84 Å². The number of hydrazine groups is 1. The second kappa shape index (κ2) is 5.74. The van der Waals surface area contributed by atoms with E-state index in [1.165, 1.54) is 0 Å². The fourth-order valence-electron chi connectivity index (χ4n) is 1.86. The highest BCUT2D eigenvalue weighted by Gasteiger charge is 2.19. The first-order valence-electron chi connectivity index (χ1n) is 5.45. The highest BCUT2D eigenvalue weighted by Crippen LogP contribution is 2.29. The number of halogens is 2. The number of hydrogen-bond acceptors (Lipinski definition) is 3. The predicted octanol–water partition coefficient (Wildman–Crippen LogP) is 3.19. The number of nitrogens with one attached hydrogen (secondary N) is 1. The standard InChI is InChI=1S/C12H14Cl2N2O/c13-9-5-8(6-10(14)7-9)12(16-15)11-3-1-2-4-17-11/h3,5-7,12,16H,1-2,4,15H2. The molecule has 92 valence electrons. The summed E-state index contributed by atoms with van der Waals surface area (Å²) in [6, 6.07) is 5.15. The van der Waals surface area contributed by atoms with Crippen molar-refractivity contribution in [2.45, 2.75) is 18.9 Å². The lowest BCUT2D eigenvalue weighted by Gasteiger charge is -2.23. The molecule has 1 aromatic carbocycles. The Morgan fingerprint density at radius 1 is 1.24 bits per heavy atom. The van der Waals surface area contributed by atoms with Crippen molar-refractivity contribution >= 4 is 23.2 Å². The molecule has 0 spiro atoms. The molecule has 0 saturated heterocycles. The molecular formula is C12H14Cl2N2O. The van der Waals surface area contributed by atoms with Gasteiger partial charge in [-0.15, -0.1) is 0 Å². The van der Waals surface area contributed by atoms with Gasteiger partial charge in [-0.25, -0.2) is 5.43 Å². The number of benzene rings is 1. The molecule has 0 bridgehead atoms. The van der Waals surface area contributed by atoms with Crippen LogP contribution >= 0.6 is 23.2 Å². The summed E-state index contributed by atoms with van der Waals surface area (Å²) in [5.41, 5.74) is 3.63. The van der Waals surface area contributed by atoms with Crippen LogP contribution in [0.1, 0.15) is 24.4 Å². The van der Waals surface area contributed by atoms with Crippen LogP contribution in [0.2, 0.25) is 10.0 Å². The number of allylic oxidation sites excluding steroid dienone is 1. The molecule has 1 aliphatic heterocycles. The predicted molar refractivity (Wildman–Crippen MR) is 69.8 cm³/mol. The summed E-state index contributed by atoms with van der Waals surface area (Å²) in [5.74, 6) is 6.41. The largest absolute Gasteiger partial charge is 0.496 e. The summed E-state index contributed by atoms with van der Waals surface area (Å²) >= 11 is 12.0. The number of ether oxygens (including phenoxy) is 1. The molecule has 0 amide bonds. The van der Waals surface area contributed by atoms with Crippen LogP contribution in [0.5, 0.6) is 0 Å². The lowest BCUT2D eigenvalue weighted by Crippen LogP contribution is -2.31. The Balaban J connectivity index is 2.31. The second-order valence-electron chi connectivity index (χ2n) is 3.90. The Hall–Kier alpha value is -0.740. The summed E-state index contributed by atoms with van der Waals surface area (Å²) in [6.45, 7) is 0.721. The van der Waals surface area contributed by atoms with Crippen LogP contribution < -0.4 is 11.3 Å². The third-order valence-corrected chi connectivity index (χ3v) is 3.07. The Kier molecular flexibility index (Phi) is 4.29. The average molecular weight is 273 g/mol. The van der Waals surface area contributed by atoms with Gasteiger partial charge in [0.15, 0.2) is 0 Å². The third kappa shape index (κ3) is 3.13. The fraction of sp³-hybridized carbons (Fsp3) is 0.333. The zero-order valence-electron chi connectivity index (χ0n) is 9.25. The van der Waals surface area contributed by atoms with Crippen molar-refractivity contribution in [1.29, 1.82) is 0 Å². The summed E-state index contributed by atoms with van der Waals surface area (Å²) in [7, 11) is 0. The minimum atomic E-state index is -0.202. The first-order valence-corrected chi connectivity index (χ1v) is 6.21. The number of hydrogen-bond donors (Lipinski definition) is 2. The smallest absolute Gasteiger partial charge is 0.115 e.